The van der Waals surface area contributed by atoms with Crippen LogP contribution in [-0.4, -0.2) is 78.0 Å². The zero-order valence-electron chi connectivity index (χ0n) is 30.3. The SMILES string of the molecule is Cc1cc(-c2ncnn3cc(CCN4CCC(c5ncc(NC6CCC(=O)NC6=O)cc5F)CC4)cc23)ccc1CNC(=O)c1noc(C(C)(C)C)n1. The van der Waals surface area contributed by atoms with E-state index in [4.69, 9.17) is 4.52 Å². The largest absolute Gasteiger partial charge is 0.372 e. The second-order valence-corrected chi connectivity index (χ2v) is 14.9. The van der Waals surface area contributed by atoms with Crippen molar-refractivity contribution in [1.29, 1.82) is 0 Å². The quantitative estimate of drug-likeness (QED) is 0.174. The molecule has 7 rings (SSSR count). The summed E-state index contributed by atoms with van der Waals surface area (Å²) in [6.07, 6.45) is 8.20. The summed E-state index contributed by atoms with van der Waals surface area (Å²) in [6.45, 7) is 10.7. The number of likely N-dealkylation sites (tertiary alicyclic amines) is 1. The molecule has 0 aliphatic carbocycles. The van der Waals surface area contributed by atoms with Gasteiger partial charge < -0.3 is 20.1 Å². The van der Waals surface area contributed by atoms with Crippen molar-refractivity contribution in [3.05, 3.63) is 89.0 Å². The Labute approximate surface area is 306 Å². The van der Waals surface area contributed by atoms with E-state index in [-0.39, 0.29) is 35.3 Å². The number of hydrogen-bond acceptors (Lipinski definition) is 11. The Morgan fingerprint density at radius 1 is 1.09 bits per heavy atom. The highest BCUT2D eigenvalue weighted by atomic mass is 19.1. The van der Waals surface area contributed by atoms with Crippen molar-refractivity contribution in [2.24, 2.45) is 0 Å². The Kier molecular flexibility index (Phi) is 10.0. The number of aromatic nitrogens is 6. The second kappa shape index (κ2) is 14.8. The number of fused-ring (bicyclic) bond motifs is 1. The summed E-state index contributed by atoms with van der Waals surface area (Å²) in [5.74, 6) is -1.04. The van der Waals surface area contributed by atoms with Crippen LogP contribution in [0.15, 0.2) is 53.6 Å². The molecule has 1 unspecified atom stereocenters. The van der Waals surface area contributed by atoms with Crippen LogP contribution in [-0.2, 0) is 28.0 Å². The number of halogens is 1. The Morgan fingerprint density at radius 2 is 1.91 bits per heavy atom. The van der Waals surface area contributed by atoms with Crippen LogP contribution in [0.25, 0.3) is 16.8 Å². The van der Waals surface area contributed by atoms with Crippen molar-refractivity contribution in [3.63, 3.8) is 0 Å². The highest BCUT2D eigenvalue weighted by Gasteiger charge is 2.28. The molecule has 3 N–H and O–H groups in total. The lowest BCUT2D eigenvalue weighted by Crippen LogP contribution is -2.47. The number of nitrogens with zero attached hydrogens (tertiary/aromatic N) is 7. The van der Waals surface area contributed by atoms with Crippen LogP contribution >= 0.6 is 0 Å². The molecule has 6 heterocycles. The van der Waals surface area contributed by atoms with Crippen molar-refractivity contribution in [3.8, 4) is 11.3 Å². The summed E-state index contributed by atoms with van der Waals surface area (Å²) in [7, 11) is 0. The number of imide groups is 1. The summed E-state index contributed by atoms with van der Waals surface area (Å²) in [5, 5.41) is 16.5. The van der Waals surface area contributed by atoms with E-state index in [1.807, 2.05) is 50.5 Å². The maximum Gasteiger partial charge on any atom is 0.292 e. The van der Waals surface area contributed by atoms with Crippen molar-refractivity contribution >= 4 is 28.9 Å². The molecular formula is C38H43FN10O4. The molecule has 1 aromatic carbocycles. The number of carbonyl (C=O) groups excluding carboxylic acids is 3. The molecule has 2 aliphatic rings. The first-order valence-electron chi connectivity index (χ1n) is 17.9. The van der Waals surface area contributed by atoms with Gasteiger partial charge in [-0.05, 0) is 74.5 Å². The van der Waals surface area contributed by atoms with Crippen molar-refractivity contribution in [1.82, 2.24) is 45.3 Å². The number of rotatable bonds is 10. The summed E-state index contributed by atoms with van der Waals surface area (Å²) < 4.78 is 22.3. The molecule has 53 heavy (non-hydrogen) atoms. The topological polar surface area (TPSA) is 173 Å². The van der Waals surface area contributed by atoms with Crippen molar-refractivity contribution < 1.29 is 23.3 Å². The predicted molar refractivity (Wildman–Crippen MR) is 193 cm³/mol. The highest BCUT2D eigenvalue weighted by Crippen LogP contribution is 2.31. The lowest BCUT2D eigenvalue weighted by atomic mass is 9.92. The van der Waals surface area contributed by atoms with Crippen LogP contribution in [0.4, 0.5) is 10.1 Å². The van der Waals surface area contributed by atoms with Gasteiger partial charge in [0, 0.05) is 48.7 Å². The molecule has 14 nitrogen and oxygen atoms in total. The number of nitrogens with one attached hydrogen (secondary N) is 3. The number of carbonyl (C=O) groups is 3. The lowest BCUT2D eigenvalue weighted by molar-refractivity contribution is -0.133. The third-order valence-electron chi connectivity index (χ3n) is 9.93. The molecule has 5 aromatic rings. The smallest absolute Gasteiger partial charge is 0.292 e. The second-order valence-electron chi connectivity index (χ2n) is 14.9. The van der Waals surface area contributed by atoms with Gasteiger partial charge in [-0.25, -0.2) is 13.9 Å². The Bertz CT molecular complexity index is 2170. The third-order valence-corrected chi connectivity index (χ3v) is 9.93. The van der Waals surface area contributed by atoms with Gasteiger partial charge in [-0.15, -0.1) is 0 Å². The highest BCUT2D eigenvalue weighted by molar-refractivity contribution is 6.01. The molecule has 0 spiro atoms. The maximum absolute atomic E-state index is 15.2. The Morgan fingerprint density at radius 3 is 2.62 bits per heavy atom. The Balaban J connectivity index is 0.926. The number of piperidine rings is 2. The fourth-order valence-corrected chi connectivity index (χ4v) is 6.84. The van der Waals surface area contributed by atoms with Crippen LogP contribution in [0.3, 0.4) is 0 Å². The van der Waals surface area contributed by atoms with Crippen molar-refractivity contribution in [2.45, 2.75) is 83.7 Å². The molecular weight excluding hydrogens is 679 g/mol. The van der Waals surface area contributed by atoms with Gasteiger partial charge in [-0.2, -0.15) is 10.1 Å². The van der Waals surface area contributed by atoms with E-state index in [1.54, 1.807) is 12.5 Å². The molecule has 0 bridgehead atoms. The van der Waals surface area contributed by atoms with Gasteiger partial charge in [0.05, 0.1) is 28.8 Å². The van der Waals surface area contributed by atoms with E-state index < -0.39 is 17.9 Å². The van der Waals surface area contributed by atoms with E-state index in [2.05, 4.69) is 58.2 Å². The molecule has 0 radical (unpaired) electrons. The fraction of sp³-hybridized carbons (Fsp3) is 0.421. The van der Waals surface area contributed by atoms with E-state index in [0.29, 0.717) is 30.2 Å². The van der Waals surface area contributed by atoms with Gasteiger partial charge >= 0.3 is 0 Å². The molecule has 4 aromatic heterocycles. The van der Waals surface area contributed by atoms with Gasteiger partial charge in [0.2, 0.25) is 17.7 Å². The number of anilines is 1. The number of hydrogen-bond donors (Lipinski definition) is 3. The van der Waals surface area contributed by atoms with E-state index >= 15 is 4.39 Å². The van der Waals surface area contributed by atoms with Gasteiger partial charge in [-0.3, -0.25) is 24.7 Å². The monoisotopic (exact) mass is 722 g/mol. The van der Waals surface area contributed by atoms with Crippen LogP contribution in [0.2, 0.25) is 0 Å². The third kappa shape index (κ3) is 8.09. The summed E-state index contributed by atoms with van der Waals surface area (Å²) in [4.78, 5) is 51.8. The van der Waals surface area contributed by atoms with Gasteiger partial charge in [-0.1, -0.05) is 38.1 Å². The van der Waals surface area contributed by atoms with E-state index in [0.717, 1.165) is 72.4 Å². The number of benzene rings is 1. The molecule has 276 valence electrons. The summed E-state index contributed by atoms with van der Waals surface area (Å²) >= 11 is 0. The molecule has 15 heteroatoms. The fourth-order valence-electron chi connectivity index (χ4n) is 6.84. The lowest BCUT2D eigenvalue weighted by Gasteiger charge is -2.31. The molecule has 3 amide bonds. The van der Waals surface area contributed by atoms with Gasteiger partial charge in [0.1, 0.15) is 18.2 Å². The van der Waals surface area contributed by atoms with Crippen LogP contribution < -0.4 is 16.0 Å². The normalized spacial score (nSPS) is 17.3. The first kappa shape index (κ1) is 35.8. The van der Waals surface area contributed by atoms with Gasteiger partial charge in [0.25, 0.3) is 11.7 Å². The zero-order chi connectivity index (χ0) is 37.3. The van der Waals surface area contributed by atoms with E-state index in [1.165, 1.54) is 6.07 Å². The molecule has 2 aliphatic heterocycles. The Hall–Kier alpha value is -5.57. The predicted octanol–water partition coefficient (Wildman–Crippen LogP) is 4.49. The molecule has 0 saturated carbocycles. The minimum Gasteiger partial charge on any atom is -0.372 e. The summed E-state index contributed by atoms with van der Waals surface area (Å²) in [6, 6.07) is 8.99. The van der Waals surface area contributed by atoms with Crippen molar-refractivity contribution in [2.75, 3.05) is 25.0 Å². The van der Waals surface area contributed by atoms with E-state index in [9.17, 15) is 14.4 Å². The standard InChI is InChI=1S/C38H43FN10O4/c1-22-15-25(5-6-26(22)18-41-36(52)34-46-37(53-47-34)38(2,3)4)33-30-16-23(20-49(30)43-21-42-33)9-12-48-13-10-24(11-14-48)32-28(39)17-27(19-40-32)44-29-7-8-31(50)45-35(29)51/h5-6,15-17,19-21,24,29,44H,7-14,18H2,1-4H3,(H,41,52)(H,45,50,51). The van der Waals surface area contributed by atoms with Gasteiger partial charge in [0.15, 0.2) is 0 Å². The first-order chi connectivity index (χ1) is 25.4. The maximum atomic E-state index is 15.2. The van der Waals surface area contributed by atoms with Crippen LogP contribution in [0.1, 0.15) is 91.3 Å². The minimum atomic E-state index is -0.587. The average Bonchev–Trinajstić information content (AvgIpc) is 3.80. The molecule has 2 fully saturated rings. The zero-order valence-corrected chi connectivity index (χ0v) is 30.3. The first-order valence-corrected chi connectivity index (χ1v) is 17.9. The summed E-state index contributed by atoms with van der Waals surface area (Å²) in [5.41, 5.74) is 6.33. The molecule has 2 saturated heterocycles. The van der Waals surface area contributed by atoms with Crippen LogP contribution in [0.5, 0.6) is 0 Å². The minimum absolute atomic E-state index is 0.0130. The number of aryl methyl sites for hydroxylation is 1. The number of pyridine rings is 1. The molecule has 1 atom stereocenters. The van der Waals surface area contributed by atoms with Crippen LogP contribution in [0, 0.1) is 12.7 Å². The average molecular weight is 723 g/mol. The number of amides is 3.